The second-order valence-electron chi connectivity index (χ2n) is 11.5. The molecule has 2 aromatic carbocycles. The number of rotatable bonds is 6. The fourth-order valence-corrected chi connectivity index (χ4v) is 6.54. The largest absolute Gasteiger partial charge is 0.539 e. The molecular formula is C28H37NO7Si. The molecule has 0 bridgehead atoms. The number of nitrogens with one attached hydrogen (secondary N) is 1. The highest BCUT2D eigenvalue weighted by Gasteiger charge is 2.52. The molecule has 2 aromatic rings. The van der Waals surface area contributed by atoms with E-state index in [1.54, 1.807) is 14.2 Å². The fourth-order valence-electron chi connectivity index (χ4n) is 5.52. The van der Waals surface area contributed by atoms with Gasteiger partial charge in [0, 0.05) is 17.9 Å². The van der Waals surface area contributed by atoms with Gasteiger partial charge in [0.15, 0.2) is 28.7 Å². The molecule has 0 amide bonds. The third-order valence-corrected chi connectivity index (χ3v) is 12.8. The summed E-state index contributed by atoms with van der Waals surface area (Å²) in [5, 5.41) is 3.41. The molecule has 0 unspecified atom stereocenters. The van der Waals surface area contributed by atoms with Crippen LogP contribution in [-0.4, -0.2) is 49.0 Å². The zero-order valence-electron chi connectivity index (χ0n) is 22.9. The van der Waals surface area contributed by atoms with Crippen molar-refractivity contribution in [2.24, 2.45) is 11.8 Å². The fraction of sp³-hybridized carbons (Fsp3) is 0.536. The summed E-state index contributed by atoms with van der Waals surface area (Å²) in [6.45, 7) is 11.5. The first-order valence-corrected chi connectivity index (χ1v) is 15.6. The monoisotopic (exact) mass is 527 g/mol. The Morgan fingerprint density at radius 1 is 0.946 bits per heavy atom. The maximum absolute atomic E-state index is 13.2. The normalized spacial score (nSPS) is 24.3. The molecule has 1 N–H and O–H groups in total. The predicted molar refractivity (Wildman–Crippen MR) is 142 cm³/mol. The number of hydrogen-bond acceptors (Lipinski definition) is 8. The van der Waals surface area contributed by atoms with E-state index in [-0.39, 0.29) is 41.6 Å². The van der Waals surface area contributed by atoms with Crippen molar-refractivity contribution in [3.63, 3.8) is 0 Å². The van der Waals surface area contributed by atoms with Crippen molar-refractivity contribution in [3.05, 3.63) is 41.0 Å². The minimum Gasteiger partial charge on any atom is -0.539 e. The zero-order chi connectivity index (χ0) is 26.7. The molecule has 3 aliphatic rings. The van der Waals surface area contributed by atoms with Crippen LogP contribution in [0.4, 0.5) is 0 Å². The number of fused-ring (bicyclic) bond motifs is 3. The Morgan fingerprint density at radius 3 is 2.08 bits per heavy atom. The van der Waals surface area contributed by atoms with E-state index in [9.17, 15) is 4.79 Å². The average molecular weight is 528 g/mol. The molecule has 8 nitrogen and oxygen atoms in total. The van der Waals surface area contributed by atoms with Gasteiger partial charge < -0.3 is 33.4 Å². The first-order chi connectivity index (χ1) is 17.5. The molecule has 1 saturated heterocycles. The number of hydrogen-bond donors (Lipinski definition) is 1. The smallest absolute Gasteiger partial charge is 0.310 e. The lowest BCUT2D eigenvalue weighted by Gasteiger charge is -2.40. The van der Waals surface area contributed by atoms with Gasteiger partial charge in [-0.2, -0.15) is 0 Å². The van der Waals surface area contributed by atoms with Crippen LogP contribution in [0.25, 0.3) is 0 Å². The number of ether oxygens (including phenoxy) is 5. The Bertz CT molecular complexity index is 1200. The Hall–Kier alpha value is -2.91. The molecule has 200 valence electrons. The van der Waals surface area contributed by atoms with Crippen LogP contribution >= 0.6 is 0 Å². The van der Waals surface area contributed by atoms with E-state index in [0.717, 1.165) is 22.4 Å². The molecule has 37 heavy (non-hydrogen) atoms. The van der Waals surface area contributed by atoms with E-state index >= 15 is 0 Å². The van der Waals surface area contributed by atoms with E-state index in [4.69, 9.17) is 28.1 Å². The van der Waals surface area contributed by atoms with Gasteiger partial charge in [0.1, 0.15) is 0 Å². The molecule has 0 aromatic heterocycles. The van der Waals surface area contributed by atoms with E-state index < -0.39 is 8.32 Å². The number of carbonyl (C=O) groups excluding carboxylic acids is 1. The standard InChI is InChI=1S/C28H37NO7Si/c1-28(2,3)37(7,8)36-26-21(31-5)9-15(10-22(26)32-6)23-16-11-19-20(35-14-34-19)12-17(16)25(29-4)18-13-33-27(30)24(18)23/h9-12,18,23-25,29H,13-14H2,1-8H3/t18-,23+,24-,25+/m0/s1. The highest BCUT2D eigenvalue weighted by molar-refractivity contribution is 6.74. The van der Waals surface area contributed by atoms with Gasteiger partial charge >= 0.3 is 5.97 Å². The quantitative estimate of drug-likeness (QED) is 0.415. The summed E-state index contributed by atoms with van der Waals surface area (Å²) in [7, 11) is 2.99. The molecule has 0 saturated carbocycles. The second kappa shape index (κ2) is 9.13. The van der Waals surface area contributed by atoms with Crippen molar-refractivity contribution >= 4 is 14.3 Å². The second-order valence-corrected chi connectivity index (χ2v) is 16.2. The van der Waals surface area contributed by atoms with Gasteiger partial charge in [-0.1, -0.05) is 20.8 Å². The van der Waals surface area contributed by atoms with E-state index in [1.807, 2.05) is 31.3 Å². The molecule has 5 rings (SSSR count). The topological polar surface area (TPSA) is 84.5 Å². The van der Waals surface area contributed by atoms with Crippen molar-refractivity contribution in [2.75, 3.05) is 34.7 Å². The summed E-state index contributed by atoms with van der Waals surface area (Å²) in [6, 6.07) is 7.95. The first-order valence-electron chi connectivity index (χ1n) is 12.7. The molecule has 0 spiro atoms. The van der Waals surface area contributed by atoms with E-state index in [2.05, 4.69) is 39.2 Å². The number of benzene rings is 2. The SMILES string of the molecule is CN[C@@H]1c2cc3c(cc2[C@@H](c2cc(OC)c(O[Si](C)(C)C(C)(C)C)c(OC)c2)[C@H]2C(=O)OC[C@@H]21)OCO3. The maximum Gasteiger partial charge on any atom is 0.310 e. The Morgan fingerprint density at radius 2 is 1.54 bits per heavy atom. The minimum atomic E-state index is -2.19. The lowest BCUT2D eigenvalue weighted by molar-refractivity contribution is -0.141. The van der Waals surface area contributed by atoms with Crippen LogP contribution in [-0.2, 0) is 9.53 Å². The number of cyclic esters (lactones) is 1. The molecule has 4 atom stereocenters. The van der Waals surface area contributed by atoms with Crippen LogP contribution in [0.5, 0.6) is 28.7 Å². The van der Waals surface area contributed by atoms with Crippen LogP contribution in [0.3, 0.4) is 0 Å². The summed E-state index contributed by atoms with van der Waals surface area (Å²) >= 11 is 0. The molecule has 1 aliphatic carbocycles. The van der Waals surface area contributed by atoms with Crippen LogP contribution in [0.15, 0.2) is 24.3 Å². The molecule has 0 radical (unpaired) electrons. The summed E-state index contributed by atoms with van der Waals surface area (Å²) in [4.78, 5) is 13.2. The van der Waals surface area contributed by atoms with Crippen molar-refractivity contribution in [3.8, 4) is 28.7 Å². The Balaban J connectivity index is 1.69. The van der Waals surface area contributed by atoms with Crippen LogP contribution in [0.1, 0.15) is 49.4 Å². The van der Waals surface area contributed by atoms with Gasteiger partial charge in [0.2, 0.25) is 6.79 Å². The third kappa shape index (κ3) is 4.12. The molecule has 1 fully saturated rings. The Labute approximate surface area is 219 Å². The summed E-state index contributed by atoms with van der Waals surface area (Å²) in [6.07, 6.45) is 0. The number of methoxy groups -OCH3 is 2. The van der Waals surface area contributed by atoms with Crippen molar-refractivity contribution < 1.29 is 32.9 Å². The summed E-state index contributed by atoms with van der Waals surface area (Å²) in [5.74, 6) is 2.29. The average Bonchev–Trinajstić information content (AvgIpc) is 3.46. The summed E-state index contributed by atoms with van der Waals surface area (Å²) in [5.41, 5.74) is 2.99. The number of carbonyl (C=O) groups is 1. The zero-order valence-corrected chi connectivity index (χ0v) is 23.9. The third-order valence-electron chi connectivity index (χ3n) is 8.50. The highest BCUT2D eigenvalue weighted by atomic mass is 28.4. The maximum atomic E-state index is 13.2. The lowest BCUT2D eigenvalue weighted by atomic mass is 9.65. The highest BCUT2D eigenvalue weighted by Crippen LogP contribution is 2.56. The molecule has 9 heteroatoms. The molecular weight excluding hydrogens is 490 g/mol. The predicted octanol–water partition coefficient (Wildman–Crippen LogP) is 5.01. The van der Waals surface area contributed by atoms with Gasteiger partial charge in [0.05, 0.1) is 26.7 Å². The first kappa shape index (κ1) is 25.7. The van der Waals surface area contributed by atoms with Crippen LogP contribution in [0.2, 0.25) is 18.1 Å². The van der Waals surface area contributed by atoms with Gasteiger partial charge in [-0.05, 0) is 66.1 Å². The van der Waals surface area contributed by atoms with E-state index in [0.29, 0.717) is 29.6 Å². The van der Waals surface area contributed by atoms with Crippen molar-refractivity contribution in [2.45, 2.75) is 50.9 Å². The Kier molecular flexibility index (Phi) is 6.35. The van der Waals surface area contributed by atoms with Gasteiger partial charge in [0.25, 0.3) is 8.32 Å². The van der Waals surface area contributed by atoms with Gasteiger partial charge in [-0.3, -0.25) is 4.79 Å². The molecule has 2 heterocycles. The van der Waals surface area contributed by atoms with E-state index in [1.165, 1.54) is 0 Å². The number of esters is 1. The van der Waals surface area contributed by atoms with Crippen molar-refractivity contribution in [1.82, 2.24) is 5.32 Å². The summed E-state index contributed by atoms with van der Waals surface area (Å²) < 4.78 is 35.5. The minimum absolute atomic E-state index is 0.00452. The molecule has 2 aliphatic heterocycles. The van der Waals surface area contributed by atoms with Gasteiger partial charge in [-0.15, -0.1) is 0 Å². The van der Waals surface area contributed by atoms with Crippen LogP contribution in [0, 0.1) is 11.8 Å². The lowest BCUT2D eigenvalue weighted by Crippen LogP contribution is -2.44. The van der Waals surface area contributed by atoms with Crippen molar-refractivity contribution in [1.29, 1.82) is 0 Å². The van der Waals surface area contributed by atoms with Gasteiger partial charge in [-0.25, -0.2) is 0 Å². The van der Waals surface area contributed by atoms with Crippen LogP contribution < -0.4 is 28.7 Å².